The number of carbonyl (C=O) groups is 2. The molecule has 1 amide bonds. The predicted octanol–water partition coefficient (Wildman–Crippen LogP) is 2.09. The van der Waals surface area contributed by atoms with Crippen LogP contribution >= 0.6 is 11.3 Å². The Bertz CT molecular complexity index is 586. The Morgan fingerprint density at radius 2 is 2.33 bits per heavy atom. The minimum atomic E-state index is -1.04. The standard InChI is InChI=1S/C11H8N2O4S/c14-9(15)4-3-7-6-12-11(18-7)13-10(16)8-2-1-5-17-8/h1-6H,(H,14,15)(H,12,13,16)/b4-3+. The first-order chi connectivity index (χ1) is 8.65. The molecule has 0 bridgehead atoms. The Labute approximate surface area is 106 Å². The molecular weight excluding hydrogens is 256 g/mol. The summed E-state index contributed by atoms with van der Waals surface area (Å²) < 4.78 is 4.93. The van der Waals surface area contributed by atoms with E-state index in [4.69, 9.17) is 9.52 Å². The Morgan fingerprint density at radius 3 is 3.00 bits per heavy atom. The lowest BCUT2D eigenvalue weighted by Gasteiger charge is -1.96. The molecule has 0 spiro atoms. The third kappa shape index (κ3) is 3.05. The van der Waals surface area contributed by atoms with E-state index in [-0.39, 0.29) is 5.76 Å². The topological polar surface area (TPSA) is 92.4 Å². The van der Waals surface area contributed by atoms with E-state index in [0.29, 0.717) is 10.0 Å². The van der Waals surface area contributed by atoms with Gasteiger partial charge in [0.2, 0.25) is 0 Å². The summed E-state index contributed by atoms with van der Waals surface area (Å²) in [5.41, 5.74) is 0. The second-order valence-electron chi connectivity index (χ2n) is 3.17. The molecule has 0 atom stereocenters. The van der Waals surface area contributed by atoms with Gasteiger partial charge in [0.1, 0.15) is 0 Å². The van der Waals surface area contributed by atoms with Crippen molar-refractivity contribution < 1.29 is 19.1 Å². The summed E-state index contributed by atoms with van der Waals surface area (Å²) in [7, 11) is 0. The molecule has 0 saturated heterocycles. The van der Waals surface area contributed by atoms with Gasteiger partial charge in [0.15, 0.2) is 10.9 Å². The van der Waals surface area contributed by atoms with E-state index in [0.717, 1.165) is 6.08 Å². The van der Waals surface area contributed by atoms with Crippen molar-refractivity contribution in [3.63, 3.8) is 0 Å². The number of aliphatic carboxylic acids is 1. The molecule has 2 aromatic rings. The van der Waals surface area contributed by atoms with Gasteiger partial charge in [0, 0.05) is 17.2 Å². The van der Waals surface area contributed by atoms with Gasteiger partial charge in [-0.2, -0.15) is 0 Å². The number of carbonyl (C=O) groups excluding carboxylic acids is 1. The van der Waals surface area contributed by atoms with Gasteiger partial charge in [-0.25, -0.2) is 9.78 Å². The molecule has 0 aliphatic rings. The Balaban J connectivity index is 2.03. The number of aromatic nitrogens is 1. The summed E-state index contributed by atoms with van der Waals surface area (Å²) in [5, 5.41) is 11.4. The Hall–Kier alpha value is -2.41. The van der Waals surface area contributed by atoms with E-state index in [1.165, 1.54) is 35.9 Å². The van der Waals surface area contributed by atoms with Crippen molar-refractivity contribution in [2.75, 3.05) is 5.32 Å². The van der Waals surface area contributed by atoms with Crippen LogP contribution in [0, 0.1) is 0 Å². The largest absolute Gasteiger partial charge is 0.478 e. The lowest BCUT2D eigenvalue weighted by atomic mass is 10.4. The molecule has 18 heavy (non-hydrogen) atoms. The summed E-state index contributed by atoms with van der Waals surface area (Å²) in [6.45, 7) is 0. The van der Waals surface area contributed by atoms with E-state index in [1.807, 2.05) is 0 Å². The van der Waals surface area contributed by atoms with Crippen LogP contribution < -0.4 is 5.32 Å². The molecule has 0 saturated carbocycles. The van der Waals surface area contributed by atoms with E-state index < -0.39 is 11.9 Å². The van der Waals surface area contributed by atoms with Gasteiger partial charge in [-0.15, -0.1) is 0 Å². The molecule has 7 heteroatoms. The van der Waals surface area contributed by atoms with Crippen molar-refractivity contribution in [2.24, 2.45) is 0 Å². The van der Waals surface area contributed by atoms with Crippen LogP contribution in [0.2, 0.25) is 0 Å². The monoisotopic (exact) mass is 264 g/mol. The molecule has 2 aromatic heterocycles. The number of carboxylic acids is 1. The van der Waals surface area contributed by atoms with Crippen molar-refractivity contribution in [3.05, 3.63) is 41.3 Å². The zero-order valence-corrected chi connectivity index (χ0v) is 9.81. The maximum Gasteiger partial charge on any atom is 0.328 e. The molecule has 0 aromatic carbocycles. The van der Waals surface area contributed by atoms with Gasteiger partial charge < -0.3 is 9.52 Å². The first kappa shape index (κ1) is 12.1. The lowest BCUT2D eigenvalue weighted by Crippen LogP contribution is -2.10. The van der Waals surface area contributed by atoms with Crippen LogP contribution in [-0.2, 0) is 4.79 Å². The molecule has 0 aliphatic heterocycles. The van der Waals surface area contributed by atoms with Crippen molar-refractivity contribution in [3.8, 4) is 0 Å². The van der Waals surface area contributed by atoms with Gasteiger partial charge in [-0.1, -0.05) is 11.3 Å². The highest BCUT2D eigenvalue weighted by atomic mass is 32.1. The van der Waals surface area contributed by atoms with E-state index in [9.17, 15) is 9.59 Å². The van der Waals surface area contributed by atoms with Gasteiger partial charge in [-0.05, 0) is 18.2 Å². The average Bonchev–Trinajstić information content (AvgIpc) is 2.97. The molecule has 92 valence electrons. The third-order valence-corrected chi connectivity index (χ3v) is 2.76. The molecule has 0 radical (unpaired) electrons. The number of furan rings is 1. The highest BCUT2D eigenvalue weighted by molar-refractivity contribution is 7.16. The Morgan fingerprint density at radius 1 is 1.50 bits per heavy atom. The number of carboxylic acid groups (broad SMARTS) is 1. The van der Waals surface area contributed by atoms with Crippen molar-refractivity contribution in [2.45, 2.75) is 0 Å². The summed E-state index contributed by atoms with van der Waals surface area (Å²) >= 11 is 1.17. The van der Waals surface area contributed by atoms with Crippen LogP contribution in [-0.4, -0.2) is 22.0 Å². The smallest absolute Gasteiger partial charge is 0.328 e. The van der Waals surface area contributed by atoms with Gasteiger partial charge in [0.25, 0.3) is 5.91 Å². The van der Waals surface area contributed by atoms with Gasteiger partial charge >= 0.3 is 5.97 Å². The van der Waals surface area contributed by atoms with Gasteiger partial charge in [-0.3, -0.25) is 10.1 Å². The van der Waals surface area contributed by atoms with Crippen LogP contribution in [0.15, 0.2) is 35.1 Å². The maximum absolute atomic E-state index is 11.6. The zero-order valence-electron chi connectivity index (χ0n) is 8.99. The Kier molecular flexibility index (Phi) is 3.54. The van der Waals surface area contributed by atoms with Gasteiger partial charge in [0.05, 0.1) is 6.26 Å². The highest BCUT2D eigenvalue weighted by Crippen LogP contribution is 2.20. The second-order valence-corrected chi connectivity index (χ2v) is 4.23. The van der Waals surface area contributed by atoms with Crippen molar-refractivity contribution in [1.29, 1.82) is 0 Å². The molecule has 2 rings (SSSR count). The minimum Gasteiger partial charge on any atom is -0.478 e. The van der Waals surface area contributed by atoms with Crippen LogP contribution in [0.3, 0.4) is 0 Å². The summed E-state index contributed by atoms with van der Waals surface area (Å²) in [6.07, 6.45) is 5.29. The number of hydrogen-bond donors (Lipinski definition) is 2. The molecule has 0 fully saturated rings. The molecule has 0 aliphatic carbocycles. The predicted molar refractivity (Wildman–Crippen MR) is 65.4 cm³/mol. The summed E-state index contributed by atoms with van der Waals surface area (Å²) in [5.74, 6) is -1.25. The van der Waals surface area contributed by atoms with Crippen LogP contribution in [0.1, 0.15) is 15.4 Å². The lowest BCUT2D eigenvalue weighted by molar-refractivity contribution is -0.131. The van der Waals surface area contributed by atoms with E-state index >= 15 is 0 Å². The molecule has 2 heterocycles. The number of nitrogens with zero attached hydrogens (tertiary/aromatic N) is 1. The SMILES string of the molecule is O=C(O)/C=C/c1cnc(NC(=O)c2ccco2)s1. The van der Waals surface area contributed by atoms with Crippen molar-refractivity contribution in [1.82, 2.24) is 4.98 Å². The first-order valence-electron chi connectivity index (χ1n) is 4.87. The fourth-order valence-electron chi connectivity index (χ4n) is 1.14. The number of amides is 1. The fourth-order valence-corrected chi connectivity index (χ4v) is 1.86. The third-order valence-electron chi connectivity index (χ3n) is 1.88. The highest BCUT2D eigenvalue weighted by Gasteiger charge is 2.10. The number of anilines is 1. The van der Waals surface area contributed by atoms with Crippen LogP contribution in [0.5, 0.6) is 0 Å². The number of hydrogen-bond acceptors (Lipinski definition) is 5. The maximum atomic E-state index is 11.6. The normalized spacial score (nSPS) is 10.7. The second kappa shape index (κ2) is 5.28. The van der Waals surface area contributed by atoms with Crippen molar-refractivity contribution >= 4 is 34.4 Å². The number of thiazole rings is 1. The number of nitrogens with one attached hydrogen (secondary N) is 1. The molecular formula is C11H8N2O4S. The minimum absolute atomic E-state index is 0.188. The first-order valence-corrected chi connectivity index (χ1v) is 5.68. The molecule has 0 unspecified atom stereocenters. The fraction of sp³-hybridized carbons (Fsp3) is 0. The number of rotatable bonds is 4. The average molecular weight is 264 g/mol. The zero-order chi connectivity index (χ0) is 13.0. The van der Waals surface area contributed by atoms with Crippen LogP contribution in [0.25, 0.3) is 6.08 Å². The molecule has 2 N–H and O–H groups in total. The molecule has 6 nitrogen and oxygen atoms in total. The van der Waals surface area contributed by atoms with E-state index in [1.54, 1.807) is 6.07 Å². The quantitative estimate of drug-likeness (QED) is 0.825. The van der Waals surface area contributed by atoms with E-state index in [2.05, 4.69) is 10.3 Å². The van der Waals surface area contributed by atoms with Crippen LogP contribution in [0.4, 0.5) is 5.13 Å². The summed E-state index contributed by atoms with van der Waals surface area (Å²) in [4.78, 5) is 26.5. The summed E-state index contributed by atoms with van der Waals surface area (Å²) in [6, 6.07) is 3.14.